The highest BCUT2D eigenvalue weighted by Gasteiger charge is 2.10. The zero-order valence-corrected chi connectivity index (χ0v) is 14.6. The molecule has 0 amide bonds. The van der Waals surface area contributed by atoms with E-state index in [9.17, 15) is 0 Å². The minimum atomic E-state index is 0.0860. The van der Waals surface area contributed by atoms with Crippen LogP contribution >= 0.6 is 15.9 Å². The summed E-state index contributed by atoms with van der Waals surface area (Å²) in [6.07, 6.45) is 0. The molecule has 0 aromatic heterocycles. The summed E-state index contributed by atoms with van der Waals surface area (Å²) in [7, 11) is 0. The van der Waals surface area contributed by atoms with Gasteiger partial charge in [-0.05, 0) is 24.6 Å². The Morgan fingerprint density at radius 3 is 1.87 bits per heavy atom. The van der Waals surface area contributed by atoms with Crippen molar-refractivity contribution in [2.45, 2.75) is 13.0 Å². The van der Waals surface area contributed by atoms with E-state index in [1.54, 1.807) is 0 Å². The van der Waals surface area contributed by atoms with Crippen LogP contribution in [0.4, 0.5) is 0 Å². The molecule has 0 aliphatic carbocycles. The minimum Gasteiger partial charge on any atom is -0.276 e. The standard InChI is InChI=1S/C21H18BrN/c1-16(19-13-8-14-20(22)15-19)23-21(17-9-4-2-5-10-17)18-11-6-3-7-12-18/h2-16H,1H3/t16-/m1/s1. The van der Waals surface area contributed by atoms with Crippen molar-refractivity contribution in [1.82, 2.24) is 0 Å². The van der Waals surface area contributed by atoms with E-state index in [4.69, 9.17) is 4.99 Å². The average molecular weight is 364 g/mol. The van der Waals surface area contributed by atoms with Gasteiger partial charge in [-0.15, -0.1) is 0 Å². The lowest BCUT2D eigenvalue weighted by Gasteiger charge is -2.13. The average Bonchev–Trinajstić information content (AvgIpc) is 2.61. The molecular formula is C21H18BrN. The molecule has 0 heterocycles. The van der Waals surface area contributed by atoms with Crippen LogP contribution in [0.3, 0.4) is 0 Å². The van der Waals surface area contributed by atoms with Gasteiger partial charge in [-0.1, -0.05) is 88.7 Å². The highest BCUT2D eigenvalue weighted by Crippen LogP contribution is 2.23. The van der Waals surface area contributed by atoms with Crippen LogP contribution < -0.4 is 0 Å². The van der Waals surface area contributed by atoms with Gasteiger partial charge in [0.2, 0.25) is 0 Å². The third-order valence-corrected chi connectivity index (χ3v) is 4.24. The van der Waals surface area contributed by atoms with E-state index in [2.05, 4.69) is 89.6 Å². The molecule has 0 saturated carbocycles. The second-order valence-corrected chi connectivity index (χ2v) is 6.36. The minimum absolute atomic E-state index is 0.0860. The van der Waals surface area contributed by atoms with E-state index in [0.717, 1.165) is 21.3 Å². The monoisotopic (exact) mass is 363 g/mol. The molecule has 3 rings (SSSR count). The van der Waals surface area contributed by atoms with Crippen molar-refractivity contribution >= 4 is 21.6 Å². The molecule has 3 aromatic rings. The SMILES string of the molecule is C[C@@H](N=C(c1ccccc1)c1ccccc1)c1cccc(Br)c1. The molecule has 3 aromatic carbocycles. The molecular weight excluding hydrogens is 346 g/mol. The largest absolute Gasteiger partial charge is 0.276 e. The third-order valence-electron chi connectivity index (χ3n) is 3.75. The smallest absolute Gasteiger partial charge is 0.0728 e. The van der Waals surface area contributed by atoms with Crippen molar-refractivity contribution in [1.29, 1.82) is 0 Å². The first-order valence-corrected chi connectivity index (χ1v) is 8.47. The third kappa shape index (κ3) is 3.96. The number of halogens is 1. The molecule has 23 heavy (non-hydrogen) atoms. The van der Waals surface area contributed by atoms with Gasteiger partial charge in [-0.25, -0.2) is 0 Å². The zero-order chi connectivity index (χ0) is 16.1. The van der Waals surface area contributed by atoms with Crippen LogP contribution in [-0.2, 0) is 0 Å². The van der Waals surface area contributed by atoms with Gasteiger partial charge in [0.05, 0.1) is 11.8 Å². The Balaban J connectivity index is 2.05. The summed E-state index contributed by atoms with van der Waals surface area (Å²) in [4.78, 5) is 5.02. The lowest BCUT2D eigenvalue weighted by atomic mass is 10.0. The molecule has 1 atom stereocenters. The number of nitrogens with zero attached hydrogens (tertiary/aromatic N) is 1. The van der Waals surface area contributed by atoms with Gasteiger partial charge in [0.1, 0.15) is 0 Å². The van der Waals surface area contributed by atoms with Gasteiger partial charge in [-0.3, -0.25) is 4.99 Å². The predicted octanol–water partition coefficient (Wildman–Crippen LogP) is 6.05. The maximum absolute atomic E-state index is 5.02. The van der Waals surface area contributed by atoms with Gasteiger partial charge in [0.15, 0.2) is 0 Å². The summed E-state index contributed by atoms with van der Waals surface area (Å²) in [5, 5.41) is 0. The van der Waals surface area contributed by atoms with Gasteiger partial charge >= 0.3 is 0 Å². The summed E-state index contributed by atoms with van der Waals surface area (Å²) in [6.45, 7) is 2.13. The molecule has 0 N–H and O–H groups in total. The van der Waals surface area contributed by atoms with Crippen LogP contribution in [-0.4, -0.2) is 5.71 Å². The highest BCUT2D eigenvalue weighted by molar-refractivity contribution is 9.10. The Morgan fingerprint density at radius 1 is 0.783 bits per heavy atom. The molecule has 0 bridgehead atoms. The first-order valence-electron chi connectivity index (χ1n) is 7.68. The fourth-order valence-corrected chi connectivity index (χ4v) is 2.96. The Bertz CT molecular complexity index is 753. The fourth-order valence-electron chi connectivity index (χ4n) is 2.54. The van der Waals surface area contributed by atoms with E-state index >= 15 is 0 Å². The maximum Gasteiger partial charge on any atom is 0.0728 e. The van der Waals surface area contributed by atoms with E-state index in [1.165, 1.54) is 5.56 Å². The number of rotatable bonds is 4. The second kappa shape index (κ2) is 7.38. The van der Waals surface area contributed by atoms with Gasteiger partial charge in [-0.2, -0.15) is 0 Å². The van der Waals surface area contributed by atoms with Crippen molar-refractivity contribution < 1.29 is 0 Å². The second-order valence-electron chi connectivity index (χ2n) is 5.44. The van der Waals surface area contributed by atoms with Crippen LogP contribution in [0.25, 0.3) is 0 Å². The summed E-state index contributed by atoms with van der Waals surface area (Å²) in [6, 6.07) is 29.1. The van der Waals surface area contributed by atoms with Crippen molar-refractivity contribution in [2.75, 3.05) is 0 Å². The Morgan fingerprint density at radius 2 is 1.35 bits per heavy atom. The first kappa shape index (κ1) is 15.7. The number of aliphatic imine (C=N–C) groups is 1. The van der Waals surface area contributed by atoms with Gasteiger partial charge < -0.3 is 0 Å². The molecule has 0 unspecified atom stereocenters. The Labute approximate surface area is 145 Å². The topological polar surface area (TPSA) is 12.4 Å². The van der Waals surface area contributed by atoms with E-state index in [-0.39, 0.29) is 6.04 Å². The summed E-state index contributed by atoms with van der Waals surface area (Å²) in [5.41, 5.74) is 4.50. The summed E-state index contributed by atoms with van der Waals surface area (Å²) >= 11 is 3.54. The van der Waals surface area contributed by atoms with Crippen LogP contribution in [0.1, 0.15) is 29.7 Å². The molecule has 2 heteroatoms. The predicted molar refractivity (Wildman–Crippen MR) is 101 cm³/mol. The van der Waals surface area contributed by atoms with Crippen molar-refractivity contribution in [3.63, 3.8) is 0 Å². The Kier molecular flexibility index (Phi) is 5.04. The van der Waals surface area contributed by atoms with Crippen molar-refractivity contribution in [3.8, 4) is 0 Å². The van der Waals surface area contributed by atoms with Crippen LogP contribution in [0.5, 0.6) is 0 Å². The van der Waals surface area contributed by atoms with Crippen LogP contribution in [0.15, 0.2) is 94.4 Å². The highest BCUT2D eigenvalue weighted by atomic mass is 79.9. The molecule has 0 spiro atoms. The quantitative estimate of drug-likeness (QED) is 0.500. The number of benzene rings is 3. The summed E-state index contributed by atoms with van der Waals surface area (Å²) in [5.74, 6) is 0. The maximum atomic E-state index is 5.02. The molecule has 0 fully saturated rings. The fraction of sp³-hybridized carbons (Fsp3) is 0.0952. The summed E-state index contributed by atoms with van der Waals surface area (Å²) < 4.78 is 1.08. The molecule has 114 valence electrons. The lowest BCUT2D eigenvalue weighted by Crippen LogP contribution is -2.05. The molecule has 0 aliphatic heterocycles. The normalized spacial score (nSPS) is 11.7. The van der Waals surface area contributed by atoms with Gasteiger partial charge in [0, 0.05) is 15.6 Å². The lowest BCUT2D eigenvalue weighted by molar-refractivity contribution is 0.820. The molecule has 0 saturated heterocycles. The van der Waals surface area contributed by atoms with Crippen LogP contribution in [0.2, 0.25) is 0 Å². The number of hydrogen-bond donors (Lipinski definition) is 0. The van der Waals surface area contributed by atoms with Crippen molar-refractivity contribution in [2.24, 2.45) is 4.99 Å². The molecule has 0 aliphatic rings. The zero-order valence-electron chi connectivity index (χ0n) is 13.0. The molecule has 1 nitrogen and oxygen atoms in total. The van der Waals surface area contributed by atoms with Crippen LogP contribution in [0, 0.1) is 0 Å². The number of hydrogen-bond acceptors (Lipinski definition) is 1. The van der Waals surface area contributed by atoms with E-state index in [1.807, 2.05) is 18.2 Å². The first-order chi connectivity index (χ1) is 11.2. The Hall–Kier alpha value is -2.19. The van der Waals surface area contributed by atoms with E-state index < -0.39 is 0 Å². The van der Waals surface area contributed by atoms with E-state index in [0.29, 0.717) is 0 Å². The molecule has 0 radical (unpaired) electrons. The van der Waals surface area contributed by atoms with Gasteiger partial charge in [0.25, 0.3) is 0 Å². The van der Waals surface area contributed by atoms with Crippen molar-refractivity contribution in [3.05, 3.63) is 106 Å².